The highest BCUT2D eigenvalue weighted by molar-refractivity contribution is 5.90. The van der Waals surface area contributed by atoms with Crippen molar-refractivity contribution in [3.63, 3.8) is 0 Å². The number of nitrogens with two attached hydrogens (primary N) is 1. The van der Waals surface area contributed by atoms with Crippen LogP contribution in [0, 0.1) is 0 Å². The molecule has 3 N–H and O–H groups in total. The van der Waals surface area contributed by atoms with Gasteiger partial charge >= 0.3 is 0 Å². The highest BCUT2D eigenvalue weighted by Crippen LogP contribution is 2.20. The van der Waals surface area contributed by atoms with Gasteiger partial charge in [-0.25, -0.2) is 9.97 Å². The van der Waals surface area contributed by atoms with Crippen LogP contribution in [0.2, 0.25) is 0 Å². The topological polar surface area (TPSA) is 63.8 Å². The summed E-state index contributed by atoms with van der Waals surface area (Å²) < 4.78 is 0. The molecule has 2 aromatic rings. The summed E-state index contributed by atoms with van der Waals surface area (Å²) in [5.74, 6) is 0.859. The van der Waals surface area contributed by atoms with E-state index in [-0.39, 0.29) is 0 Å². The molecule has 0 aliphatic heterocycles. The SMILES string of the molecule is CCNc1ncnc2cc(N)ccc12. The van der Waals surface area contributed by atoms with Crippen LogP contribution in [0.15, 0.2) is 24.5 Å². The first-order valence-electron chi connectivity index (χ1n) is 4.55. The summed E-state index contributed by atoms with van der Waals surface area (Å²) in [6, 6.07) is 5.63. The largest absolute Gasteiger partial charge is 0.399 e. The van der Waals surface area contributed by atoms with E-state index < -0.39 is 0 Å². The van der Waals surface area contributed by atoms with Gasteiger partial charge in [0.2, 0.25) is 0 Å². The van der Waals surface area contributed by atoms with E-state index in [0.29, 0.717) is 0 Å². The van der Waals surface area contributed by atoms with E-state index in [1.54, 1.807) is 6.33 Å². The number of nitrogen functional groups attached to an aromatic ring is 1. The number of nitrogens with one attached hydrogen (secondary N) is 1. The van der Waals surface area contributed by atoms with Gasteiger partial charge in [-0.2, -0.15) is 0 Å². The van der Waals surface area contributed by atoms with Gasteiger partial charge in [0.05, 0.1) is 5.52 Å². The zero-order chi connectivity index (χ0) is 9.97. The van der Waals surface area contributed by atoms with Gasteiger partial charge < -0.3 is 11.1 Å². The summed E-state index contributed by atoms with van der Waals surface area (Å²) in [7, 11) is 0. The van der Waals surface area contributed by atoms with Gasteiger partial charge in [0.25, 0.3) is 0 Å². The number of fused-ring (bicyclic) bond motifs is 1. The molecule has 1 heterocycles. The molecule has 1 aromatic heterocycles. The Labute approximate surface area is 82.2 Å². The molecule has 0 unspecified atom stereocenters. The van der Waals surface area contributed by atoms with Gasteiger partial charge in [-0.3, -0.25) is 0 Å². The lowest BCUT2D eigenvalue weighted by Gasteiger charge is -2.05. The van der Waals surface area contributed by atoms with Crippen LogP contribution in [0.3, 0.4) is 0 Å². The predicted octanol–water partition coefficient (Wildman–Crippen LogP) is 1.64. The van der Waals surface area contributed by atoms with Gasteiger partial charge in [-0.15, -0.1) is 0 Å². The van der Waals surface area contributed by atoms with Crippen LogP contribution in [0.5, 0.6) is 0 Å². The molecule has 0 aliphatic carbocycles. The number of rotatable bonds is 2. The van der Waals surface area contributed by atoms with Crippen LogP contribution >= 0.6 is 0 Å². The lowest BCUT2D eigenvalue weighted by molar-refractivity contribution is 1.14. The third kappa shape index (κ3) is 1.46. The van der Waals surface area contributed by atoms with Crippen LogP contribution in [-0.2, 0) is 0 Å². The van der Waals surface area contributed by atoms with Gasteiger partial charge in [0.1, 0.15) is 12.1 Å². The van der Waals surface area contributed by atoms with Gasteiger partial charge in [-0.05, 0) is 25.1 Å². The van der Waals surface area contributed by atoms with Crippen molar-refractivity contribution >= 4 is 22.4 Å². The normalized spacial score (nSPS) is 10.4. The Hall–Kier alpha value is -1.84. The molecular weight excluding hydrogens is 176 g/mol. The molecule has 0 saturated carbocycles. The number of aromatic nitrogens is 2. The second-order valence-electron chi connectivity index (χ2n) is 3.03. The first kappa shape index (κ1) is 8.74. The average molecular weight is 188 g/mol. The average Bonchev–Trinajstić information content (AvgIpc) is 2.18. The molecule has 2 rings (SSSR count). The lowest BCUT2D eigenvalue weighted by Crippen LogP contribution is -2.00. The van der Waals surface area contributed by atoms with Crippen molar-refractivity contribution in [3.05, 3.63) is 24.5 Å². The standard InChI is InChI=1S/C10H12N4/c1-2-12-10-8-4-3-7(11)5-9(8)13-6-14-10/h3-6H,2,11H2,1H3,(H,12,13,14). The first-order valence-corrected chi connectivity index (χ1v) is 4.55. The Morgan fingerprint density at radius 1 is 1.36 bits per heavy atom. The lowest BCUT2D eigenvalue weighted by atomic mass is 10.2. The number of nitrogens with zero attached hydrogens (tertiary/aromatic N) is 2. The van der Waals surface area contributed by atoms with Crippen molar-refractivity contribution in [2.75, 3.05) is 17.6 Å². The van der Waals surface area contributed by atoms with Crippen molar-refractivity contribution in [1.82, 2.24) is 9.97 Å². The maximum absolute atomic E-state index is 5.67. The fourth-order valence-electron chi connectivity index (χ4n) is 1.38. The van der Waals surface area contributed by atoms with Crippen molar-refractivity contribution in [2.24, 2.45) is 0 Å². The van der Waals surface area contributed by atoms with Crippen molar-refractivity contribution in [1.29, 1.82) is 0 Å². The van der Waals surface area contributed by atoms with Crippen LogP contribution in [0.4, 0.5) is 11.5 Å². The zero-order valence-corrected chi connectivity index (χ0v) is 7.99. The molecule has 72 valence electrons. The Morgan fingerprint density at radius 2 is 2.21 bits per heavy atom. The quantitative estimate of drug-likeness (QED) is 0.703. The molecular formula is C10H12N4. The minimum Gasteiger partial charge on any atom is -0.399 e. The molecule has 0 saturated heterocycles. The van der Waals surface area contributed by atoms with E-state index in [1.165, 1.54) is 0 Å². The van der Waals surface area contributed by atoms with Crippen LogP contribution in [0.1, 0.15) is 6.92 Å². The molecule has 0 amide bonds. The van der Waals surface area contributed by atoms with Crippen LogP contribution in [0.25, 0.3) is 10.9 Å². The third-order valence-electron chi connectivity index (χ3n) is 2.00. The molecule has 0 bridgehead atoms. The second-order valence-corrected chi connectivity index (χ2v) is 3.03. The van der Waals surface area contributed by atoms with E-state index in [0.717, 1.165) is 29.0 Å². The molecule has 0 atom stereocenters. The summed E-state index contributed by atoms with van der Waals surface area (Å²) in [6.07, 6.45) is 1.54. The third-order valence-corrected chi connectivity index (χ3v) is 2.00. The molecule has 0 aliphatic rings. The second kappa shape index (κ2) is 3.49. The Balaban J connectivity index is 2.62. The molecule has 0 fully saturated rings. The molecule has 4 heteroatoms. The summed E-state index contributed by atoms with van der Waals surface area (Å²) in [6.45, 7) is 2.88. The first-order chi connectivity index (χ1) is 6.81. The number of anilines is 2. The summed E-state index contributed by atoms with van der Waals surface area (Å²) in [5.41, 5.74) is 7.26. The Bertz CT molecular complexity index is 453. The number of hydrogen-bond donors (Lipinski definition) is 2. The van der Waals surface area contributed by atoms with Gasteiger partial charge in [0.15, 0.2) is 0 Å². The Kier molecular flexibility index (Phi) is 2.18. The maximum atomic E-state index is 5.67. The Morgan fingerprint density at radius 3 is 3.00 bits per heavy atom. The van der Waals surface area contributed by atoms with Crippen LogP contribution in [-0.4, -0.2) is 16.5 Å². The summed E-state index contributed by atoms with van der Waals surface area (Å²) in [5, 5.41) is 4.18. The monoisotopic (exact) mass is 188 g/mol. The smallest absolute Gasteiger partial charge is 0.137 e. The van der Waals surface area contributed by atoms with Gasteiger partial charge in [-0.1, -0.05) is 0 Å². The molecule has 0 spiro atoms. The van der Waals surface area contributed by atoms with Crippen molar-refractivity contribution in [2.45, 2.75) is 6.92 Å². The molecule has 14 heavy (non-hydrogen) atoms. The maximum Gasteiger partial charge on any atom is 0.137 e. The van der Waals surface area contributed by atoms with E-state index in [2.05, 4.69) is 15.3 Å². The van der Waals surface area contributed by atoms with Crippen molar-refractivity contribution < 1.29 is 0 Å². The fourth-order valence-corrected chi connectivity index (χ4v) is 1.38. The highest BCUT2D eigenvalue weighted by Gasteiger charge is 2.01. The predicted molar refractivity (Wildman–Crippen MR) is 58.1 cm³/mol. The summed E-state index contributed by atoms with van der Waals surface area (Å²) >= 11 is 0. The van der Waals surface area contributed by atoms with E-state index >= 15 is 0 Å². The fraction of sp³-hybridized carbons (Fsp3) is 0.200. The zero-order valence-electron chi connectivity index (χ0n) is 7.99. The number of benzene rings is 1. The highest BCUT2D eigenvalue weighted by atomic mass is 15.0. The van der Waals surface area contributed by atoms with Crippen LogP contribution < -0.4 is 11.1 Å². The van der Waals surface area contributed by atoms with Gasteiger partial charge in [0, 0.05) is 17.6 Å². The van der Waals surface area contributed by atoms with E-state index in [4.69, 9.17) is 5.73 Å². The van der Waals surface area contributed by atoms with E-state index in [9.17, 15) is 0 Å². The molecule has 0 radical (unpaired) electrons. The molecule has 1 aromatic carbocycles. The minimum atomic E-state index is 0.721. The molecule has 4 nitrogen and oxygen atoms in total. The van der Waals surface area contributed by atoms with Crippen molar-refractivity contribution in [3.8, 4) is 0 Å². The van der Waals surface area contributed by atoms with E-state index in [1.807, 2.05) is 25.1 Å². The summed E-state index contributed by atoms with van der Waals surface area (Å²) in [4.78, 5) is 8.32. The number of hydrogen-bond acceptors (Lipinski definition) is 4. The minimum absolute atomic E-state index is 0.721.